The minimum atomic E-state index is -0.477. The molecular formula is C28H24ClN3O2. The number of Topliss-reactive ketones (excluding diaryl/α,β-unsaturated/α-hetero) is 1. The van der Waals surface area contributed by atoms with Crippen LogP contribution in [0.3, 0.4) is 0 Å². The highest BCUT2D eigenvalue weighted by atomic mass is 35.5. The molecule has 0 radical (unpaired) electrons. The number of nitrogens with one attached hydrogen (secondary N) is 2. The van der Waals surface area contributed by atoms with E-state index in [-0.39, 0.29) is 17.6 Å². The number of aromatic nitrogens is 1. The number of rotatable bonds is 4. The maximum atomic E-state index is 13.6. The van der Waals surface area contributed by atoms with E-state index < -0.39 is 11.8 Å². The van der Waals surface area contributed by atoms with Crippen LogP contribution in [-0.4, -0.2) is 16.7 Å². The van der Waals surface area contributed by atoms with Gasteiger partial charge >= 0.3 is 0 Å². The van der Waals surface area contributed by atoms with Crippen molar-refractivity contribution in [3.8, 4) is 0 Å². The van der Waals surface area contributed by atoms with E-state index in [1.54, 1.807) is 30.5 Å². The van der Waals surface area contributed by atoms with Crippen LogP contribution in [0.5, 0.6) is 0 Å². The molecule has 34 heavy (non-hydrogen) atoms. The van der Waals surface area contributed by atoms with Gasteiger partial charge in [0.05, 0.1) is 5.92 Å². The first-order chi connectivity index (χ1) is 16.5. The molecule has 0 saturated carbocycles. The van der Waals surface area contributed by atoms with Crippen molar-refractivity contribution in [1.29, 1.82) is 0 Å². The molecular weight excluding hydrogens is 446 g/mol. The Morgan fingerprint density at radius 1 is 0.971 bits per heavy atom. The third-order valence-corrected chi connectivity index (χ3v) is 6.72. The van der Waals surface area contributed by atoms with Gasteiger partial charge in [-0.15, -0.1) is 0 Å². The highest BCUT2D eigenvalue weighted by Gasteiger charge is 2.44. The van der Waals surface area contributed by atoms with Gasteiger partial charge in [0.15, 0.2) is 0 Å². The van der Waals surface area contributed by atoms with Gasteiger partial charge in [-0.05, 0) is 42.3 Å². The van der Waals surface area contributed by atoms with Crippen LogP contribution < -0.4 is 10.6 Å². The molecule has 1 aliphatic carbocycles. The molecule has 3 atom stereocenters. The number of nitrogens with zero attached hydrogens (tertiary/aromatic N) is 1. The topological polar surface area (TPSA) is 71.1 Å². The molecule has 170 valence electrons. The van der Waals surface area contributed by atoms with Crippen molar-refractivity contribution in [3.05, 3.63) is 118 Å². The Bertz CT molecular complexity index is 1280. The van der Waals surface area contributed by atoms with Crippen LogP contribution in [0.15, 0.2) is 102 Å². The molecule has 0 fully saturated rings. The zero-order chi connectivity index (χ0) is 23.7. The van der Waals surface area contributed by atoms with Crippen molar-refractivity contribution >= 4 is 29.1 Å². The quantitative estimate of drug-likeness (QED) is 0.522. The summed E-state index contributed by atoms with van der Waals surface area (Å²) in [5.74, 6) is -0.625. The molecule has 5 nitrogen and oxygen atoms in total. The second-order valence-electron chi connectivity index (χ2n) is 8.65. The lowest BCUT2D eigenvalue weighted by Crippen LogP contribution is -2.42. The fourth-order valence-electron chi connectivity index (χ4n) is 4.94. The first-order valence-electron chi connectivity index (χ1n) is 11.3. The number of fused-ring (bicyclic) bond motifs is 1. The van der Waals surface area contributed by atoms with Crippen molar-refractivity contribution < 1.29 is 9.59 Å². The van der Waals surface area contributed by atoms with E-state index >= 15 is 0 Å². The number of carbonyl (C=O) groups is 2. The SMILES string of the molecule is CC1=C(C(=O)Nc2ccccn2)C(c2ccc(Cl)cc2)C2C(=O)CC(c3ccccc3)C=C2N1. The van der Waals surface area contributed by atoms with Crippen molar-refractivity contribution in [2.45, 2.75) is 25.2 Å². The molecule has 0 spiro atoms. The summed E-state index contributed by atoms with van der Waals surface area (Å²) in [4.78, 5) is 31.3. The number of allylic oxidation sites excluding steroid dienone is 3. The number of pyridine rings is 1. The summed E-state index contributed by atoms with van der Waals surface area (Å²) in [5, 5.41) is 6.89. The summed E-state index contributed by atoms with van der Waals surface area (Å²) >= 11 is 6.15. The predicted molar refractivity (Wildman–Crippen MR) is 133 cm³/mol. The average molecular weight is 470 g/mol. The molecule has 1 aromatic heterocycles. The zero-order valence-electron chi connectivity index (χ0n) is 18.7. The van der Waals surface area contributed by atoms with Crippen molar-refractivity contribution in [3.63, 3.8) is 0 Å². The van der Waals surface area contributed by atoms with Crippen LogP contribution >= 0.6 is 11.6 Å². The number of halogens is 1. The Kier molecular flexibility index (Phi) is 6.03. The summed E-state index contributed by atoms with van der Waals surface area (Å²) in [7, 11) is 0. The van der Waals surface area contributed by atoms with E-state index in [1.165, 1.54) is 0 Å². The van der Waals surface area contributed by atoms with Crippen LogP contribution in [0.4, 0.5) is 5.82 Å². The van der Waals surface area contributed by atoms with E-state index in [2.05, 4.69) is 21.7 Å². The Labute approximate surface area is 203 Å². The second kappa shape index (κ2) is 9.27. The van der Waals surface area contributed by atoms with Gasteiger partial charge in [-0.2, -0.15) is 0 Å². The Hall–Kier alpha value is -3.70. The van der Waals surface area contributed by atoms with Crippen LogP contribution in [-0.2, 0) is 9.59 Å². The lowest BCUT2D eigenvalue weighted by Gasteiger charge is -2.40. The third-order valence-electron chi connectivity index (χ3n) is 6.47. The van der Waals surface area contributed by atoms with Crippen LogP contribution in [0.2, 0.25) is 5.02 Å². The van der Waals surface area contributed by atoms with Gasteiger partial charge in [0, 0.05) is 46.4 Å². The fraction of sp³-hybridized carbons (Fsp3) is 0.179. The van der Waals surface area contributed by atoms with Gasteiger partial charge in [-0.25, -0.2) is 4.98 Å². The van der Waals surface area contributed by atoms with E-state index in [0.717, 1.165) is 22.5 Å². The van der Waals surface area contributed by atoms with Crippen LogP contribution in [0.1, 0.15) is 36.3 Å². The van der Waals surface area contributed by atoms with Gasteiger partial charge < -0.3 is 10.6 Å². The van der Waals surface area contributed by atoms with Gasteiger partial charge in [0.25, 0.3) is 5.91 Å². The first kappa shape index (κ1) is 22.1. The minimum absolute atomic E-state index is 0.00462. The first-order valence-corrected chi connectivity index (χ1v) is 11.6. The predicted octanol–water partition coefficient (Wildman–Crippen LogP) is 5.59. The molecule has 0 saturated heterocycles. The molecule has 1 amide bonds. The molecule has 3 aromatic rings. The number of ketones is 1. The molecule has 0 bridgehead atoms. The second-order valence-corrected chi connectivity index (χ2v) is 9.09. The number of amides is 1. The summed E-state index contributed by atoms with van der Waals surface area (Å²) in [6, 6.07) is 22.8. The Balaban J connectivity index is 1.59. The Morgan fingerprint density at radius 2 is 1.71 bits per heavy atom. The number of benzene rings is 2. The van der Waals surface area contributed by atoms with Gasteiger partial charge in [-0.3, -0.25) is 9.59 Å². The zero-order valence-corrected chi connectivity index (χ0v) is 19.4. The summed E-state index contributed by atoms with van der Waals surface area (Å²) in [5.41, 5.74) is 4.07. The monoisotopic (exact) mass is 469 g/mol. The van der Waals surface area contributed by atoms with Crippen LogP contribution in [0, 0.1) is 5.92 Å². The molecule has 6 heteroatoms. The van der Waals surface area contributed by atoms with Gasteiger partial charge in [-0.1, -0.05) is 66.2 Å². The molecule has 2 N–H and O–H groups in total. The summed E-state index contributed by atoms with van der Waals surface area (Å²) in [6.45, 7) is 1.88. The van der Waals surface area contributed by atoms with Crippen LogP contribution in [0.25, 0.3) is 0 Å². The number of hydrogen-bond donors (Lipinski definition) is 2. The third kappa shape index (κ3) is 4.27. The lowest BCUT2D eigenvalue weighted by atomic mass is 9.68. The van der Waals surface area contributed by atoms with Gasteiger partial charge in [0.2, 0.25) is 0 Å². The molecule has 3 unspecified atom stereocenters. The standard InChI is InChI=1S/C28H24ClN3O2/c1-17-25(28(34)32-24-9-5-6-14-30-24)26(19-10-12-21(29)13-11-19)27-22(31-17)15-20(16-23(27)33)18-7-3-2-4-8-18/h2-15,20,26-27,31H,16H2,1H3,(H,30,32,34). The van der Waals surface area contributed by atoms with E-state index in [1.807, 2.05) is 55.5 Å². The summed E-state index contributed by atoms with van der Waals surface area (Å²) < 4.78 is 0. The number of anilines is 1. The summed E-state index contributed by atoms with van der Waals surface area (Å²) in [6.07, 6.45) is 4.15. The molecule has 5 rings (SSSR count). The number of hydrogen-bond acceptors (Lipinski definition) is 4. The Morgan fingerprint density at radius 3 is 2.41 bits per heavy atom. The molecule has 2 aliphatic rings. The maximum absolute atomic E-state index is 13.6. The lowest BCUT2D eigenvalue weighted by molar-refractivity contribution is -0.123. The smallest absolute Gasteiger partial charge is 0.255 e. The highest BCUT2D eigenvalue weighted by molar-refractivity contribution is 6.30. The normalized spacial score (nSPS) is 21.9. The average Bonchev–Trinajstić information content (AvgIpc) is 2.84. The van der Waals surface area contributed by atoms with E-state index in [9.17, 15) is 9.59 Å². The largest absolute Gasteiger partial charge is 0.362 e. The fourth-order valence-corrected chi connectivity index (χ4v) is 5.07. The van der Waals surface area contributed by atoms with E-state index in [0.29, 0.717) is 22.8 Å². The van der Waals surface area contributed by atoms with E-state index in [4.69, 9.17) is 11.6 Å². The van der Waals surface area contributed by atoms with Crippen molar-refractivity contribution in [2.24, 2.45) is 5.92 Å². The van der Waals surface area contributed by atoms with Crippen molar-refractivity contribution in [1.82, 2.24) is 10.3 Å². The minimum Gasteiger partial charge on any atom is -0.362 e. The molecule has 1 aliphatic heterocycles. The van der Waals surface area contributed by atoms with Crippen molar-refractivity contribution in [2.75, 3.05) is 5.32 Å². The number of carbonyl (C=O) groups excluding carboxylic acids is 2. The maximum Gasteiger partial charge on any atom is 0.255 e. The molecule has 2 heterocycles. The van der Waals surface area contributed by atoms with Gasteiger partial charge in [0.1, 0.15) is 11.6 Å². The highest BCUT2D eigenvalue weighted by Crippen LogP contribution is 2.46. The molecule has 2 aromatic carbocycles.